The van der Waals surface area contributed by atoms with Crippen molar-refractivity contribution in [3.05, 3.63) is 161 Å². The molecule has 45 heavy (non-hydrogen) atoms. The molecular weight excluding hydrogens is 596 g/mol. The standard InChI is InChI=1S/2C17H15.C6H5.3CH3.H2Si.V/c2*1-2-13-11-15-9-6-10-16(17(15)12-13)14-7-4-3-5-8-14;1-2-4-6-5-3-1;;;;;/h2*3-12H,2H2,1H3;1-5H;3*1H3;1H2;. The molecule has 0 aliphatic heterocycles. The predicted molar refractivity (Wildman–Crippen MR) is 198 cm³/mol. The zero-order valence-corrected chi connectivity index (χ0v) is 30.3. The van der Waals surface area contributed by atoms with Crippen LogP contribution in [0.5, 0.6) is 0 Å². The van der Waals surface area contributed by atoms with Crippen molar-refractivity contribution >= 4 is 24.6 Å². The summed E-state index contributed by atoms with van der Waals surface area (Å²) in [4.78, 5) is 0. The topological polar surface area (TPSA) is 0 Å². The Hall–Kier alpha value is -3.62. The van der Waals surface area contributed by atoms with Crippen molar-refractivity contribution < 1.29 is 9.47 Å². The van der Waals surface area contributed by atoms with Crippen LogP contribution in [0.25, 0.3) is 34.4 Å². The van der Waals surface area contributed by atoms with Crippen LogP contribution in [0.3, 0.4) is 0 Å². The number of fused-ring (bicyclic) bond motifs is 2. The fourth-order valence-corrected chi connectivity index (χ4v) is 28.7. The van der Waals surface area contributed by atoms with Crippen LogP contribution in [0.1, 0.15) is 58.2 Å². The molecule has 2 atom stereocenters. The number of allylic oxidation sites excluding steroid dienone is 2. The summed E-state index contributed by atoms with van der Waals surface area (Å²) >= 11 is 0. The summed E-state index contributed by atoms with van der Waals surface area (Å²) in [6.07, 6.45) is 7.24. The van der Waals surface area contributed by atoms with E-state index >= 15 is 0 Å². The predicted octanol–water partition coefficient (Wildman–Crippen LogP) is 11.2. The van der Waals surface area contributed by atoms with Crippen molar-refractivity contribution in [2.45, 2.75) is 52.9 Å². The average molecular weight is 642 g/mol. The summed E-state index contributed by atoms with van der Waals surface area (Å²) in [6, 6.07) is 47.9. The number of benzene rings is 5. The van der Waals surface area contributed by atoms with Gasteiger partial charge in [-0.25, -0.2) is 0 Å². The first-order chi connectivity index (χ1) is 21.4. The van der Waals surface area contributed by atoms with Gasteiger partial charge in [0.25, 0.3) is 0 Å². The van der Waals surface area contributed by atoms with E-state index in [1.165, 1.54) is 44.5 Å². The molecule has 0 aromatic heterocycles. The van der Waals surface area contributed by atoms with E-state index < -0.39 is 9.47 Å². The summed E-state index contributed by atoms with van der Waals surface area (Å²) in [5.41, 5.74) is 22.7. The minimum absolute atomic E-state index is 0.295. The van der Waals surface area contributed by atoms with Gasteiger partial charge in [-0.3, -0.25) is 0 Å². The molecule has 0 nitrogen and oxygen atoms in total. The van der Waals surface area contributed by atoms with Crippen LogP contribution in [0.4, 0.5) is 0 Å². The SMILES string of the molecule is CCC1=Cc2c(-c3ccccc3)cccc2[CH]1[V]([CH3])([CH3])([CH3])(=[SiH2])([c]1ccccc1)[CH]1C(CC)=Cc2c(-c3ccccc3)cccc21. The molecule has 2 heteroatoms. The first kappa shape index (κ1) is 30.1. The van der Waals surface area contributed by atoms with Gasteiger partial charge in [-0.05, 0) is 0 Å². The molecule has 0 fully saturated rings. The second-order valence-corrected chi connectivity index (χ2v) is 47.6. The Labute approximate surface area is 268 Å². The van der Waals surface area contributed by atoms with Crippen LogP contribution in [-0.2, 0) is 9.47 Å². The van der Waals surface area contributed by atoms with E-state index in [9.17, 15) is 0 Å². The van der Waals surface area contributed by atoms with E-state index in [0.717, 1.165) is 12.8 Å². The van der Waals surface area contributed by atoms with Crippen LogP contribution >= 0.6 is 0 Å². The molecule has 0 bridgehead atoms. The second kappa shape index (κ2) is 9.46. The average Bonchev–Trinajstić information content (AvgIpc) is 3.67. The quantitative estimate of drug-likeness (QED) is 0.155. The van der Waals surface area contributed by atoms with Gasteiger partial charge in [0.2, 0.25) is 0 Å². The van der Waals surface area contributed by atoms with Crippen LogP contribution in [-0.4, -0.2) is 8.15 Å². The Morgan fingerprint density at radius 2 is 0.867 bits per heavy atom. The van der Waals surface area contributed by atoms with Crippen molar-refractivity contribution in [3.63, 3.8) is 0 Å². The van der Waals surface area contributed by atoms with Gasteiger partial charge in [-0.1, -0.05) is 0 Å². The first-order valence-electron chi connectivity index (χ1n) is 16.5. The normalized spacial score (nSPS) is 19.7. The molecule has 0 N–H and O–H groups in total. The monoisotopic (exact) mass is 641 g/mol. The third kappa shape index (κ3) is 4.10. The molecule has 0 radical (unpaired) electrons. The molecule has 2 aliphatic carbocycles. The van der Waals surface area contributed by atoms with Crippen molar-refractivity contribution in [1.29, 1.82) is 0 Å². The van der Waals surface area contributed by atoms with Crippen LogP contribution in [0.2, 0.25) is 16.9 Å². The fraction of sp³-hybridized carbons (Fsp3) is 0.209. The summed E-state index contributed by atoms with van der Waals surface area (Å²) in [5, 5.41) is 0. The van der Waals surface area contributed by atoms with E-state index in [1.54, 1.807) is 15.4 Å². The van der Waals surface area contributed by atoms with Gasteiger partial charge in [0.1, 0.15) is 0 Å². The maximum atomic E-state index is 2.80. The molecule has 0 saturated heterocycles. The van der Waals surface area contributed by atoms with Crippen LogP contribution in [0.15, 0.2) is 139 Å². The van der Waals surface area contributed by atoms with E-state index in [4.69, 9.17) is 0 Å². The zero-order chi connectivity index (χ0) is 31.6. The molecule has 5 aromatic carbocycles. The molecule has 5 aromatic rings. The second-order valence-electron chi connectivity index (χ2n) is 16.1. The summed E-state index contributed by atoms with van der Waals surface area (Å²) in [5.74, 6) is 0. The molecule has 2 unspecified atom stereocenters. The summed E-state index contributed by atoms with van der Waals surface area (Å²) in [7, 11) is -2.54. The Morgan fingerprint density at radius 1 is 0.489 bits per heavy atom. The van der Waals surface area contributed by atoms with Crippen molar-refractivity contribution in [2.75, 3.05) is 0 Å². The van der Waals surface area contributed by atoms with Crippen LogP contribution < -0.4 is 4.28 Å². The molecule has 0 saturated carbocycles. The Kier molecular flexibility index (Phi) is 6.32. The van der Waals surface area contributed by atoms with Gasteiger partial charge >= 0.3 is 270 Å². The molecule has 0 spiro atoms. The van der Waals surface area contributed by atoms with Crippen molar-refractivity contribution in [1.82, 2.24) is 0 Å². The van der Waals surface area contributed by atoms with Gasteiger partial charge < -0.3 is 0 Å². The number of hydrogen-bond donors (Lipinski definition) is 0. The maximum absolute atomic E-state index is 4.98. The summed E-state index contributed by atoms with van der Waals surface area (Å²) < 4.78 is 2.14. The summed E-state index contributed by atoms with van der Waals surface area (Å²) in [6.45, 7) is 4.76. The van der Waals surface area contributed by atoms with E-state index in [1.807, 2.05) is 0 Å². The Bertz CT molecular complexity index is 2020. The Balaban J connectivity index is 1.61. The van der Waals surface area contributed by atoms with E-state index in [0.29, 0.717) is 9.26 Å². The number of rotatable bonds is 7. The number of hydrogen-bond acceptors (Lipinski definition) is 0. The molecule has 2 aliphatic rings. The first-order valence-corrected chi connectivity index (χ1v) is 26.6. The molecule has 0 heterocycles. The van der Waals surface area contributed by atoms with E-state index in [2.05, 4.69) is 178 Å². The molecule has 227 valence electrons. The Morgan fingerprint density at radius 3 is 1.24 bits per heavy atom. The minimum atomic E-state index is -4.98. The molecular formula is C43H46SiV. The van der Waals surface area contributed by atoms with Crippen molar-refractivity contribution in [2.24, 2.45) is 0 Å². The van der Waals surface area contributed by atoms with Gasteiger partial charge in [-0.2, -0.15) is 0 Å². The zero-order valence-electron chi connectivity index (χ0n) is 27.5. The third-order valence-electron chi connectivity index (χ3n) is 11.7. The fourth-order valence-electron chi connectivity index (χ4n) is 9.74. The molecule has 7 rings (SSSR count). The van der Waals surface area contributed by atoms with Gasteiger partial charge in [0.15, 0.2) is 0 Å². The van der Waals surface area contributed by atoms with Gasteiger partial charge in [-0.15, -0.1) is 0 Å². The van der Waals surface area contributed by atoms with E-state index in [-0.39, 0.29) is 0 Å². The van der Waals surface area contributed by atoms with Gasteiger partial charge in [0.05, 0.1) is 0 Å². The van der Waals surface area contributed by atoms with Gasteiger partial charge in [0, 0.05) is 0 Å². The van der Waals surface area contributed by atoms with Crippen LogP contribution in [0, 0.1) is 0 Å². The van der Waals surface area contributed by atoms with Crippen molar-refractivity contribution in [3.8, 4) is 22.3 Å². The molecule has 0 amide bonds. The third-order valence-corrected chi connectivity index (χ3v) is 30.2.